The van der Waals surface area contributed by atoms with Gasteiger partial charge in [-0.15, -0.1) is 0 Å². The van der Waals surface area contributed by atoms with Gasteiger partial charge in [0.15, 0.2) is 5.11 Å². The number of furan rings is 1. The Balaban J connectivity index is 1.70. The van der Waals surface area contributed by atoms with E-state index >= 15 is 0 Å². The summed E-state index contributed by atoms with van der Waals surface area (Å²) < 4.78 is 17.4. The maximum absolute atomic E-state index is 13.3. The molecule has 2 amide bonds. The van der Waals surface area contributed by atoms with Crippen LogP contribution in [0, 0.1) is 6.92 Å². The lowest BCUT2D eigenvalue weighted by atomic mass is 10.1. The van der Waals surface area contributed by atoms with Crippen molar-refractivity contribution in [1.82, 2.24) is 5.32 Å². The molecule has 0 aliphatic carbocycles. The van der Waals surface area contributed by atoms with E-state index in [9.17, 15) is 9.59 Å². The molecule has 0 bridgehead atoms. The molecule has 7 nitrogen and oxygen atoms in total. The molecule has 1 saturated heterocycles. The molecule has 0 spiro atoms. The van der Waals surface area contributed by atoms with E-state index in [-0.39, 0.29) is 10.7 Å². The molecule has 0 unspecified atom stereocenters. The summed E-state index contributed by atoms with van der Waals surface area (Å²) in [5.74, 6) is 0.665. The highest BCUT2D eigenvalue weighted by atomic mass is 79.9. The maximum atomic E-state index is 13.3. The van der Waals surface area contributed by atoms with Gasteiger partial charge in [0.05, 0.1) is 19.9 Å². The lowest BCUT2D eigenvalue weighted by molar-refractivity contribution is -0.122. The third-order valence-electron chi connectivity index (χ3n) is 5.03. The third kappa shape index (κ3) is 4.42. The van der Waals surface area contributed by atoms with Gasteiger partial charge in [-0.3, -0.25) is 14.9 Å². The Kier molecular flexibility index (Phi) is 6.35. The number of hydrogen-bond acceptors (Lipinski definition) is 6. The first-order valence-corrected chi connectivity index (χ1v) is 11.0. The van der Waals surface area contributed by atoms with E-state index in [1.165, 1.54) is 25.2 Å². The number of aryl methyl sites for hydroxylation is 1. The minimum Gasteiger partial charge on any atom is -0.497 e. The van der Waals surface area contributed by atoms with Gasteiger partial charge in [-0.05, 0) is 67.2 Å². The number of thiocarbonyl (C=S) groups is 1. The van der Waals surface area contributed by atoms with E-state index in [1.54, 1.807) is 30.3 Å². The summed E-state index contributed by atoms with van der Waals surface area (Å²) >= 11 is 8.81. The minimum atomic E-state index is -0.608. The molecule has 33 heavy (non-hydrogen) atoms. The SMILES string of the molecule is COc1ccc(N2C(=O)/C(=C\c3ccc(-c4ccc(C)cc4Br)o3)C(=O)NC2=S)c(OC)c1. The average Bonchev–Trinajstić information content (AvgIpc) is 3.25. The molecule has 4 rings (SSSR count). The van der Waals surface area contributed by atoms with Gasteiger partial charge in [-0.1, -0.05) is 22.0 Å². The highest BCUT2D eigenvalue weighted by Crippen LogP contribution is 2.35. The number of carbonyl (C=O) groups excluding carboxylic acids is 2. The Bertz CT molecular complexity index is 1310. The van der Waals surface area contributed by atoms with Gasteiger partial charge >= 0.3 is 0 Å². The number of nitrogens with zero attached hydrogens (tertiary/aromatic N) is 1. The van der Waals surface area contributed by atoms with Crippen molar-refractivity contribution in [3.63, 3.8) is 0 Å². The number of nitrogens with one attached hydrogen (secondary N) is 1. The zero-order chi connectivity index (χ0) is 23.7. The number of halogens is 1. The van der Waals surface area contributed by atoms with Gasteiger partial charge in [0.25, 0.3) is 11.8 Å². The van der Waals surface area contributed by atoms with E-state index in [0.717, 1.165) is 15.6 Å². The molecule has 9 heteroatoms. The summed E-state index contributed by atoms with van der Waals surface area (Å²) in [6, 6.07) is 14.3. The molecule has 3 aromatic rings. The largest absolute Gasteiger partial charge is 0.497 e. The summed E-state index contributed by atoms with van der Waals surface area (Å²) in [6.07, 6.45) is 1.40. The van der Waals surface area contributed by atoms with Crippen molar-refractivity contribution < 1.29 is 23.5 Å². The van der Waals surface area contributed by atoms with Crippen LogP contribution in [0.4, 0.5) is 5.69 Å². The molecule has 2 heterocycles. The normalized spacial score (nSPS) is 15.1. The summed E-state index contributed by atoms with van der Waals surface area (Å²) in [4.78, 5) is 27.1. The Morgan fingerprint density at radius 3 is 2.55 bits per heavy atom. The highest BCUT2D eigenvalue weighted by Gasteiger charge is 2.36. The van der Waals surface area contributed by atoms with Crippen molar-refractivity contribution in [3.05, 3.63) is 69.9 Å². The fourth-order valence-electron chi connectivity index (χ4n) is 3.38. The third-order valence-corrected chi connectivity index (χ3v) is 5.97. The molecule has 0 saturated carbocycles. The lowest BCUT2D eigenvalue weighted by Crippen LogP contribution is -2.54. The van der Waals surface area contributed by atoms with Gasteiger partial charge < -0.3 is 13.9 Å². The van der Waals surface area contributed by atoms with Crippen molar-refractivity contribution in [3.8, 4) is 22.8 Å². The summed E-state index contributed by atoms with van der Waals surface area (Å²) in [5, 5.41) is 2.51. The number of carbonyl (C=O) groups is 2. The van der Waals surface area contributed by atoms with E-state index < -0.39 is 11.8 Å². The number of ether oxygens (including phenoxy) is 2. The van der Waals surface area contributed by atoms with Crippen molar-refractivity contribution >= 4 is 56.8 Å². The van der Waals surface area contributed by atoms with Crippen molar-refractivity contribution in [2.75, 3.05) is 19.1 Å². The van der Waals surface area contributed by atoms with Crippen LogP contribution in [0.5, 0.6) is 11.5 Å². The first-order valence-electron chi connectivity index (χ1n) is 9.82. The molecule has 1 N–H and O–H groups in total. The molecule has 1 fully saturated rings. The van der Waals surface area contributed by atoms with Gasteiger partial charge in [0, 0.05) is 16.1 Å². The van der Waals surface area contributed by atoms with Crippen LogP contribution in [0.1, 0.15) is 11.3 Å². The Morgan fingerprint density at radius 1 is 1.06 bits per heavy atom. The fraction of sp³-hybridized carbons (Fsp3) is 0.125. The Labute approximate surface area is 204 Å². The number of rotatable bonds is 5. The van der Waals surface area contributed by atoms with Crippen LogP contribution in [0.15, 0.2) is 63.0 Å². The van der Waals surface area contributed by atoms with Crippen LogP contribution in [0.25, 0.3) is 17.4 Å². The Hall–Kier alpha value is -3.43. The summed E-state index contributed by atoms with van der Waals surface area (Å²) in [7, 11) is 3.00. The molecule has 168 valence electrons. The van der Waals surface area contributed by atoms with Crippen LogP contribution < -0.4 is 19.7 Å². The number of amides is 2. The van der Waals surface area contributed by atoms with Crippen LogP contribution >= 0.6 is 28.1 Å². The van der Waals surface area contributed by atoms with Crippen LogP contribution in [-0.4, -0.2) is 31.1 Å². The second-order valence-corrected chi connectivity index (χ2v) is 8.42. The molecular formula is C24H19BrN2O5S. The highest BCUT2D eigenvalue weighted by molar-refractivity contribution is 9.10. The first-order chi connectivity index (χ1) is 15.8. The van der Waals surface area contributed by atoms with E-state index in [1.807, 2.05) is 25.1 Å². The van der Waals surface area contributed by atoms with Crippen LogP contribution in [0.2, 0.25) is 0 Å². The standard InChI is InChI=1S/C24H19BrN2O5S/c1-13-4-7-16(18(25)10-13)20-9-6-15(32-20)11-17-22(28)26-24(33)27(23(17)29)19-8-5-14(30-2)12-21(19)31-3/h4-12H,1-3H3,(H,26,28,33)/b17-11-. The maximum Gasteiger partial charge on any atom is 0.270 e. The van der Waals surface area contributed by atoms with E-state index in [4.69, 9.17) is 26.1 Å². The molecule has 1 aromatic heterocycles. The summed E-state index contributed by atoms with van der Waals surface area (Å²) in [6.45, 7) is 1.99. The second kappa shape index (κ2) is 9.21. The smallest absolute Gasteiger partial charge is 0.270 e. The zero-order valence-corrected chi connectivity index (χ0v) is 20.4. The number of hydrogen-bond donors (Lipinski definition) is 1. The van der Waals surface area contributed by atoms with Crippen molar-refractivity contribution in [2.45, 2.75) is 6.92 Å². The van der Waals surface area contributed by atoms with Crippen LogP contribution in [0.3, 0.4) is 0 Å². The van der Waals surface area contributed by atoms with Gasteiger partial charge in [-0.25, -0.2) is 4.90 Å². The van der Waals surface area contributed by atoms with E-state index in [0.29, 0.717) is 28.7 Å². The predicted octanol–water partition coefficient (Wildman–Crippen LogP) is 4.87. The molecule has 2 aromatic carbocycles. The lowest BCUT2D eigenvalue weighted by Gasteiger charge is -2.29. The molecule has 1 aliphatic rings. The first kappa shape index (κ1) is 22.8. The molecular weight excluding hydrogens is 508 g/mol. The topological polar surface area (TPSA) is 81.0 Å². The quantitative estimate of drug-likeness (QED) is 0.290. The fourth-order valence-corrected chi connectivity index (χ4v) is 4.35. The Morgan fingerprint density at radius 2 is 1.85 bits per heavy atom. The van der Waals surface area contributed by atoms with Crippen LogP contribution in [-0.2, 0) is 9.59 Å². The van der Waals surface area contributed by atoms with Gasteiger partial charge in [0.2, 0.25) is 0 Å². The van der Waals surface area contributed by atoms with E-state index in [2.05, 4.69) is 21.2 Å². The molecule has 1 aliphatic heterocycles. The summed E-state index contributed by atoms with van der Waals surface area (Å²) in [5.41, 5.74) is 2.22. The van der Waals surface area contributed by atoms with Gasteiger partial charge in [-0.2, -0.15) is 0 Å². The van der Waals surface area contributed by atoms with Crippen molar-refractivity contribution in [1.29, 1.82) is 0 Å². The number of benzene rings is 2. The molecule has 0 radical (unpaired) electrons. The second-order valence-electron chi connectivity index (χ2n) is 7.18. The van der Waals surface area contributed by atoms with Gasteiger partial charge in [0.1, 0.15) is 28.6 Å². The number of methoxy groups -OCH3 is 2. The van der Waals surface area contributed by atoms with Crippen molar-refractivity contribution in [2.24, 2.45) is 0 Å². The average molecular weight is 527 g/mol. The monoisotopic (exact) mass is 526 g/mol. The minimum absolute atomic E-state index is 0.0469. The zero-order valence-electron chi connectivity index (χ0n) is 18.0. The molecule has 0 atom stereocenters. The predicted molar refractivity (Wildman–Crippen MR) is 132 cm³/mol. The number of anilines is 1.